The van der Waals surface area contributed by atoms with Crippen LogP contribution in [0.15, 0.2) is 0 Å². The topological polar surface area (TPSA) is 66.6 Å². The van der Waals surface area contributed by atoms with E-state index in [0.717, 1.165) is 12.8 Å². The molecule has 4 nitrogen and oxygen atoms in total. The van der Waals surface area contributed by atoms with Gasteiger partial charge >= 0.3 is 0 Å². The van der Waals surface area contributed by atoms with Crippen LogP contribution >= 0.6 is 0 Å². The molecule has 0 radical (unpaired) electrons. The molecule has 0 aromatic rings. The number of hydrogen-bond donors (Lipinski definition) is 2. The maximum atomic E-state index is 12.7. The summed E-state index contributed by atoms with van der Waals surface area (Å²) in [6.07, 6.45) is 4.00. The molecule has 4 heteroatoms. The molecule has 0 aromatic carbocycles. The van der Waals surface area contributed by atoms with Gasteiger partial charge in [0.2, 0.25) is 5.91 Å². The van der Waals surface area contributed by atoms with Gasteiger partial charge in [-0.1, -0.05) is 0 Å². The highest BCUT2D eigenvalue weighted by molar-refractivity contribution is 5.83. The van der Waals surface area contributed by atoms with E-state index in [1.54, 1.807) is 0 Å². The van der Waals surface area contributed by atoms with Gasteiger partial charge in [0.25, 0.3) is 0 Å². The van der Waals surface area contributed by atoms with Crippen LogP contribution < -0.4 is 5.73 Å². The smallest absolute Gasteiger partial charge is 0.230 e. The molecule has 1 saturated carbocycles. The first-order chi connectivity index (χ1) is 8.21. The zero-order chi connectivity index (χ0) is 14.0. The lowest BCUT2D eigenvalue weighted by Crippen LogP contribution is -2.59. The molecule has 3 N–H and O–H groups in total. The first kappa shape index (κ1) is 15.4. The van der Waals surface area contributed by atoms with E-state index in [1.165, 1.54) is 6.42 Å². The van der Waals surface area contributed by atoms with E-state index in [9.17, 15) is 4.79 Å². The van der Waals surface area contributed by atoms with Crippen LogP contribution in [0.25, 0.3) is 0 Å². The lowest BCUT2D eigenvalue weighted by atomic mass is 9.73. The van der Waals surface area contributed by atoms with Crippen LogP contribution in [0.3, 0.4) is 0 Å². The number of carbonyl (C=O) groups excluding carboxylic acids is 1. The molecule has 1 aliphatic carbocycles. The molecule has 0 bridgehead atoms. The van der Waals surface area contributed by atoms with Gasteiger partial charge in [0.15, 0.2) is 0 Å². The summed E-state index contributed by atoms with van der Waals surface area (Å²) in [7, 11) is 0. The SMILES string of the molecule is CC(C)(N)C(C)(C)C(=O)N(CCCO)C1CCC1. The molecule has 1 rings (SSSR count). The molecule has 0 unspecified atom stereocenters. The van der Waals surface area contributed by atoms with Crippen LogP contribution in [-0.4, -0.2) is 40.6 Å². The Morgan fingerprint density at radius 1 is 1.33 bits per heavy atom. The van der Waals surface area contributed by atoms with Gasteiger partial charge in [0.1, 0.15) is 0 Å². The molecule has 1 amide bonds. The highest BCUT2D eigenvalue weighted by Gasteiger charge is 2.44. The van der Waals surface area contributed by atoms with E-state index < -0.39 is 11.0 Å². The van der Waals surface area contributed by atoms with E-state index in [4.69, 9.17) is 10.8 Å². The number of hydrogen-bond acceptors (Lipinski definition) is 3. The van der Waals surface area contributed by atoms with Gasteiger partial charge in [-0.05, 0) is 53.4 Å². The van der Waals surface area contributed by atoms with Gasteiger partial charge in [-0.25, -0.2) is 0 Å². The Morgan fingerprint density at radius 3 is 2.22 bits per heavy atom. The number of aliphatic hydroxyl groups excluding tert-OH is 1. The molecule has 106 valence electrons. The van der Waals surface area contributed by atoms with Crippen molar-refractivity contribution in [3.63, 3.8) is 0 Å². The third-order valence-corrected chi connectivity index (χ3v) is 4.48. The Labute approximate surface area is 111 Å². The highest BCUT2D eigenvalue weighted by atomic mass is 16.3. The van der Waals surface area contributed by atoms with Crippen molar-refractivity contribution in [3.8, 4) is 0 Å². The number of aliphatic hydroxyl groups is 1. The van der Waals surface area contributed by atoms with Gasteiger partial charge < -0.3 is 15.7 Å². The Morgan fingerprint density at radius 2 is 1.89 bits per heavy atom. The largest absolute Gasteiger partial charge is 0.396 e. The second-order valence-corrected chi connectivity index (χ2v) is 6.51. The van der Waals surface area contributed by atoms with Crippen molar-refractivity contribution >= 4 is 5.91 Å². The molecule has 0 saturated heterocycles. The van der Waals surface area contributed by atoms with Crippen LogP contribution in [0, 0.1) is 5.41 Å². The Balaban J connectivity index is 2.81. The zero-order valence-corrected chi connectivity index (χ0v) is 12.2. The van der Waals surface area contributed by atoms with Crippen molar-refractivity contribution < 1.29 is 9.90 Å². The van der Waals surface area contributed by atoms with E-state index in [-0.39, 0.29) is 12.5 Å². The highest BCUT2D eigenvalue weighted by Crippen LogP contribution is 2.34. The summed E-state index contributed by atoms with van der Waals surface area (Å²) in [6.45, 7) is 8.40. The maximum Gasteiger partial charge on any atom is 0.230 e. The van der Waals surface area contributed by atoms with Gasteiger partial charge in [-0.15, -0.1) is 0 Å². The van der Waals surface area contributed by atoms with E-state index in [2.05, 4.69) is 0 Å². The predicted molar refractivity (Wildman–Crippen MR) is 73.1 cm³/mol. The average molecular weight is 256 g/mol. The minimum Gasteiger partial charge on any atom is -0.396 e. The minimum absolute atomic E-state index is 0.119. The van der Waals surface area contributed by atoms with Crippen LogP contribution in [0.1, 0.15) is 53.4 Å². The zero-order valence-electron chi connectivity index (χ0n) is 12.2. The van der Waals surface area contributed by atoms with Gasteiger partial charge in [-0.3, -0.25) is 4.79 Å². The van der Waals surface area contributed by atoms with Gasteiger partial charge in [-0.2, -0.15) is 0 Å². The summed E-state index contributed by atoms with van der Waals surface area (Å²) >= 11 is 0. The average Bonchev–Trinajstić information content (AvgIpc) is 2.18. The van der Waals surface area contributed by atoms with E-state index >= 15 is 0 Å². The summed E-state index contributed by atoms with van der Waals surface area (Å²) < 4.78 is 0. The summed E-state index contributed by atoms with van der Waals surface area (Å²) in [6, 6.07) is 0.352. The molecule has 0 spiro atoms. The summed E-state index contributed by atoms with van der Waals surface area (Å²) in [5.74, 6) is 0.119. The lowest BCUT2D eigenvalue weighted by molar-refractivity contribution is -0.148. The number of nitrogens with zero attached hydrogens (tertiary/aromatic N) is 1. The molecule has 1 fully saturated rings. The second kappa shape index (κ2) is 5.57. The van der Waals surface area contributed by atoms with Crippen molar-refractivity contribution in [1.29, 1.82) is 0 Å². The van der Waals surface area contributed by atoms with Crippen LogP contribution in [0.4, 0.5) is 0 Å². The normalized spacial score (nSPS) is 17.4. The summed E-state index contributed by atoms with van der Waals surface area (Å²) in [5, 5.41) is 8.97. The first-order valence-corrected chi connectivity index (χ1v) is 6.92. The van der Waals surface area contributed by atoms with Crippen molar-refractivity contribution in [2.45, 2.75) is 65.0 Å². The molecule has 0 atom stereocenters. The Kier molecular flexibility index (Phi) is 4.78. The van der Waals surface area contributed by atoms with Gasteiger partial charge in [0, 0.05) is 24.7 Å². The van der Waals surface area contributed by atoms with Crippen molar-refractivity contribution in [2.75, 3.05) is 13.2 Å². The van der Waals surface area contributed by atoms with E-state index in [0.29, 0.717) is 19.0 Å². The second-order valence-electron chi connectivity index (χ2n) is 6.51. The van der Waals surface area contributed by atoms with Crippen LogP contribution in [0.2, 0.25) is 0 Å². The summed E-state index contributed by atoms with van der Waals surface area (Å²) in [5.41, 5.74) is 5.01. The fraction of sp³-hybridized carbons (Fsp3) is 0.929. The van der Waals surface area contributed by atoms with Crippen molar-refractivity contribution in [2.24, 2.45) is 11.1 Å². The molecule has 0 aromatic heterocycles. The van der Waals surface area contributed by atoms with Gasteiger partial charge in [0.05, 0.1) is 5.41 Å². The predicted octanol–water partition coefficient (Wildman–Crippen LogP) is 1.51. The minimum atomic E-state index is -0.585. The summed E-state index contributed by atoms with van der Waals surface area (Å²) in [4.78, 5) is 14.7. The third kappa shape index (κ3) is 3.04. The standard InChI is InChI=1S/C14H28N2O2/c1-13(2,14(3,4)15)12(18)16(9-6-10-17)11-7-5-8-11/h11,17H,5-10,15H2,1-4H3. The quantitative estimate of drug-likeness (QED) is 0.757. The molecule has 0 heterocycles. The monoisotopic (exact) mass is 256 g/mol. The van der Waals surface area contributed by atoms with Crippen LogP contribution in [-0.2, 0) is 4.79 Å². The maximum absolute atomic E-state index is 12.7. The Bertz CT molecular complexity index is 291. The molecular formula is C14H28N2O2. The number of carbonyl (C=O) groups is 1. The van der Waals surface area contributed by atoms with Crippen LogP contribution in [0.5, 0.6) is 0 Å². The number of nitrogens with two attached hydrogens (primary N) is 1. The van der Waals surface area contributed by atoms with Crippen molar-refractivity contribution in [3.05, 3.63) is 0 Å². The fourth-order valence-corrected chi connectivity index (χ4v) is 2.02. The molecular weight excluding hydrogens is 228 g/mol. The van der Waals surface area contributed by atoms with Crippen molar-refractivity contribution in [1.82, 2.24) is 4.90 Å². The lowest BCUT2D eigenvalue weighted by Gasteiger charge is -2.45. The first-order valence-electron chi connectivity index (χ1n) is 6.92. The number of rotatable bonds is 6. The third-order valence-electron chi connectivity index (χ3n) is 4.48. The van der Waals surface area contributed by atoms with E-state index in [1.807, 2.05) is 32.6 Å². The molecule has 18 heavy (non-hydrogen) atoms. The fourth-order valence-electron chi connectivity index (χ4n) is 2.02. The molecule has 0 aliphatic heterocycles. The molecule has 1 aliphatic rings. The Hall–Kier alpha value is -0.610. The number of amides is 1.